The van der Waals surface area contributed by atoms with Crippen LogP contribution in [-0.2, 0) is 0 Å². The molecule has 0 aliphatic rings. The zero-order valence-corrected chi connectivity index (χ0v) is 9.22. The molecule has 0 radical (unpaired) electrons. The maximum atomic E-state index is 13.1. The third-order valence-electron chi connectivity index (χ3n) is 1.95. The molecular weight excluding hydrogens is 223 g/mol. The number of rotatable bonds is 3. The molecule has 1 N–H and O–H groups in total. The summed E-state index contributed by atoms with van der Waals surface area (Å²) in [6.07, 6.45) is 3.07. The van der Waals surface area contributed by atoms with Crippen molar-refractivity contribution in [3.63, 3.8) is 0 Å². The van der Waals surface area contributed by atoms with E-state index in [1.807, 2.05) is 0 Å². The molecule has 0 fully saturated rings. The second kappa shape index (κ2) is 5.69. The molecule has 1 aromatic rings. The van der Waals surface area contributed by atoms with Gasteiger partial charge >= 0.3 is 5.97 Å². The number of carboxylic acid groups (broad SMARTS) is 1. The highest BCUT2D eigenvalue weighted by Gasteiger charge is 2.14. The molecule has 0 aromatic heterocycles. The van der Waals surface area contributed by atoms with Crippen molar-refractivity contribution in [3.8, 4) is 0 Å². The fourth-order valence-corrected chi connectivity index (χ4v) is 1.23. The molecule has 1 rings (SSSR count). The van der Waals surface area contributed by atoms with Crippen molar-refractivity contribution in [3.05, 3.63) is 47.4 Å². The number of hydrogen-bond donors (Lipinski definition) is 1. The summed E-state index contributed by atoms with van der Waals surface area (Å²) in [7, 11) is 0. The Hall–Kier alpha value is -2.30. The number of aliphatic imine (C=N–C) groups is 2. The molecule has 0 atom stereocenters. The minimum atomic E-state index is -1.17. The van der Waals surface area contributed by atoms with Gasteiger partial charge in [0.25, 0.3) is 0 Å². The molecule has 0 spiro atoms. The number of hydrogen-bond acceptors (Lipinski definition) is 2. The lowest BCUT2D eigenvalue weighted by Gasteiger charge is -2.04. The van der Waals surface area contributed by atoms with Gasteiger partial charge in [0.15, 0.2) is 5.84 Å². The summed E-state index contributed by atoms with van der Waals surface area (Å²) in [6.45, 7) is 5.03. The average Bonchev–Trinajstić information content (AvgIpc) is 2.29. The first-order valence-corrected chi connectivity index (χ1v) is 4.79. The lowest BCUT2D eigenvalue weighted by atomic mass is 10.1. The Bertz CT molecular complexity index is 507. The number of carbonyl (C=O) groups is 1. The van der Waals surface area contributed by atoms with Crippen LogP contribution >= 0.6 is 0 Å². The number of nitrogens with zero attached hydrogens (tertiary/aromatic N) is 2. The molecule has 0 bridgehead atoms. The zero-order chi connectivity index (χ0) is 12.8. The van der Waals surface area contributed by atoms with Crippen LogP contribution in [0.15, 0.2) is 40.5 Å². The van der Waals surface area contributed by atoms with E-state index in [9.17, 15) is 9.18 Å². The molecule has 0 heterocycles. The third kappa shape index (κ3) is 3.07. The molecule has 0 saturated carbocycles. The molecule has 17 heavy (non-hydrogen) atoms. The van der Waals surface area contributed by atoms with E-state index in [-0.39, 0.29) is 17.0 Å². The average molecular weight is 234 g/mol. The van der Waals surface area contributed by atoms with Crippen LogP contribution < -0.4 is 0 Å². The Kier molecular flexibility index (Phi) is 4.28. The summed E-state index contributed by atoms with van der Waals surface area (Å²) in [4.78, 5) is 18.5. The SMILES string of the molecule is C=N/C(=N\C=C/C)c1cc(F)ccc1C(=O)O. The number of carboxylic acids is 1. The standard InChI is InChI=1S/C12H11FN2O2/c1-3-6-15-11(14-2)10-7-8(13)4-5-9(10)12(16)17/h3-7H,2H2,1H3,(H,16,17)/b6-3-,15-11-. The van der Waals surface area contributed by atoms with Gasteiger partial charge in [0.05, 0.1) is 5.56 Å². The van der Waals surface area contributed by atoms with E-state index in [1.54, 1.807) is 13.0 Å². The maximum Gasteiger partial charge on any atom is 0.336 e. The van der Waals surface area contributed by atoms with Crippen LogP contribution in [-0.4, -0.2) is 23.6 Å². The Morgan fingerprint density at radius 1 is 1.47 bits per heavy atom. The van der Waals surface area contributed by atoms with Gasteiger partial charge in [0, 0.05) is 11.8 Å². The Morgan fingerprint density at radius 3 is 2.71 bits per heavy atom. The first-order valence-electron chi connectivity index (χ1n) is 4.79. The Balaban J connectivity index is 3.40. The van der Waals surface area contributed by atoms with Crippen LogP contribution in [0, 0.1) is 5.82 Å². The van der Waals surface area contributed by atoms with Crippen molar-refractivity contribution in [2.75, 3.05) is 0 Å². The van der Waals surface area contributed by atoms with E-state index >= 15 is 0 Å². The summed E-state index contributed by atoms with van der Waals surface area (Å²) in [6, 6.07) is 3.31. The van der Waals surface area contributed by atoms with Gasteiger partial charge in [0.2, 0.25) is 0 Å². The molecule has 0 amide bonds. The number of allylic oxidation sites excluding steroid dienone is 1. The minimum Gasteiger partial charge on any atom is -0.478 e. The topological polar surface area (TPSA) is 62.0 Å². The smallest absolute Gasteiger partial charge is 0.336 e. The van der Waals surface area contributed by atoms with Gasteiger partial charge in [-0.1, -0.05) is 6.08 Å². The first kappa shape index (κ1) is 12.8. The van der Waals surface area contributed by atoms with Gasteiger partial charge in [-0.2, -0.15) is 0 Å². The summed E-state index contributed by atoms with van der Waals surface area (Å²) in [5, 5.41) is 8.97. The number of amidine groups is 1. The second-order valence-electron chi connectivity index (χ2n) is 3.09. The normalized spacial score (nSPS) is 11.8. The zero-order valence-electron chi connectivity index (χ0n) is 9.22. The van der Waals surface area contributed by atoms with E-state index in [0.717, 1.165) is 12.1 Å². The van der Waals surface area contributed by atoms with Crippen molar-refractivity contribution >= 4 is 18.5 Å². The molecule has 88 valence electrons. The Labute approximate surface area is 97.8 Å². The van der Waals surface area contributed by atoms with Crippen molar-refractivity contribution in [1.29, 1.82) is 0 Å². The van der Waals surface area contributed by atoms with Crippen molar-refractivity contribution in [1.82, 2.24) is 0 Å². The number of halogens is 1. The predicted molar refractivity (Wildman–Crippen MR) is 64.3 cm³/mol. The molecule has 0 saturated heterocycles. The first-order chi connectivity index (χ1) is 8.10. The van der Waals surface area contributed by atoms with E-state index in [4.69, 9.17) is 5.11 Å². The second-order valence-corrected chi connectivity index (χ2v) is 3.09. The molecule has 1 aromatic carbocycles. The van der Waals surface area contributed by atoms with Crippen molar-refractivity contribution in [2.45, 2.75) is 6.92 Å². The van der Waals surface area contributed by atoms with Crippen molar-refractivity contribution in [2.24, 2.45) is 9.98 Å². The summed E-state index contributed by atoms with van der Waals surface area (Å²) in [5.41, 5.74) is 0.0349. The summed E-state index contributed by atoms with van der Waals surface area (Å²) < 4.78 is 13.1. The number of benzene rings is 1. The van der Waals surface area contributed by atoms with E-state index in [2.05, 4.69) is 16.7 Å². The van der Waals surface area contributed by atoms with Crippen LogP contribution in [0.4, 0.5) is 4.39 Å². The van der Waals surface area contributed by atoms with Crippen LogP contribution in [0.2, 0.25) is 0 Å². The molecule has 5 heteroatoms. The lowest BCUT2D eigenvalue weighted by molar-refractivity contribution is 0.0696. The molecular formula is C12H11FN2O2. The van der Waals surface area contributed by atoms with E-state index < -0.39 is 11.8 Å². The fraction of sp³-hybridized carbons (Fsp3) is 0.0833. The van der Waals surface area contributed by atoms with Gasteiger partial charge in [-0.15, -0.1) is 0 Å². The molecule has 0 aliphatic carbocycles. The highest BCUT2D eigenvalue weighted by atomic mass is 19.1. The van der Waals surface area contributed by atoms with Crippen LogP contribution in [0.3, 0.4) is 0 Å². The van der Waals surface area contributed by atoms with Gasteiger partial charge in [0.1, 0.15) is 5.82 Å². The molecule has 4 nitrogen and oxygen atoms in total. The summed E-state index contributed by atoms with van der Waals surface area (Å²) >= 11 is 0. The summed E-state index contributed by atoms with van der Waals surface area (Å²) in [5.74, 6) is -1.65. The predicted octanol–water partition coefficient (Wildman–Crippen LogP) is 2.50. The number of aromatic carboxylic acids is 1. The highest BCUT2D eigenvalue weighted by Crippen LogP contribution is 2.13. The van der Waals surface area contributed by atoms with Crippen LogP contribution in [0.1, 0.15) is 22.8 Å². The largest absolute Gasteiger partial charge is 0.478 e. The van der Waals surface area contributed by atoms with Gasteiger partial charge < -0.3 is 5.11 Å². The molecule has 0 unspecified atom stereocenters. The fourth-order valence-electron chi connectivity index (χ4n) is 1.23. The third-order valence-corrected chi connectivity index (χ3v) is 1.95. The van der Waals surface area contributed by atoms with Gasteiger partial charge in [-0.25, -0.2) is 19.2 Å². The van der Waals surface area contributed by atoms with E-state index in [0.29, 0.717) is 0 Å². The van der Waals surface area contributed by atoms with Gasteiger partial charge in [-0.05, 0) is 31.8 Å². The van der Waals surface area contributed by atoms with Crippen LogP contribution in [0.5, 0.6) is 0 Å². The highest BCUT2D eigenvalue weighted by molar-refractivity contribution is 6.09. The van der Waals surface area contributed by atoms with Crippen molar-refractivity contribution < 1.29 is 14.3 Å². The Morgan fingerprint density at radius 2 is 2.18 bits per heavy atom. The maximum absolute atomic E-state index is 13.1. The molecule has 0 aliphatic heterocycles. The van der Waals surface area contributed by atoms with E-state index in [1.165, 1.54) is 12.3 Å². The lowest BCUT2D eigenvalue weighted by Crippen LogP contribution is -2.08. The monoisotopic (exact) mass is 234 g/mol. The van der Waals surface area contributed by atoms with Gasteiger partial charge in [-0.3, -0.25) is 0 Å². The quantitative estimate of drug-likeness (QED) is 0.645. The minimum absolute atomic E-state index is 0.0675. The van der Waals surface area contributed by atoms with Crippen LogP contribution in [0.25, 0.3) is 0 Å².